The lowest BCUT2D eigenvalue weighted by atomic mass is 9.84. The van der Waals surface area contributed by atoms with Crippen molar-refractivity contribution in [3.63, 3.8) is 0 Å². The number of aliphatic hydroxyl groups is 1. The summed E-state index contributed by atoms with van der Waals surface area (Å²) in [6.07, 6.45) is 2.04. The van der Waals surface area contributed by atoms with E-state index >= 15 is 0 Å². The molecule has 1 saturated carbocycles. The van der Waals surface area contributed by atoms with Crippen LogP contribution in [0.25, 0.3) is 0 Å². The predicted molar refractivity (Wildman–Crippen MR) is 55.6 cm³/mol. The molecule has 2 unspecified atom stereocenters. The molecule has 0 aromatic carbocycles. The maximum Gasteiger partial charge on any atom is 0.150 e. The maximum atomic E-state index is 11.3. The molecule has 4 nitrogen and oxygen atoms in total. The molecular formula is C9H17NO3S. The van der Waals surface area contributed by atoms with E-state index in [4.69, 9.17) is 5.73 Å². The molecule has 1 aliphatic carbocycles. The molecule has 0 aromatic heterocycles. The van der Waals surface area contributed by atoms with Gasteiger partial charge in [-0.2, -0.15) is 0 Å². The normalized spacial score (nSPS) is 33.6. The molecule has 3 N–H and O–H groups in total. The molecule has 5 heteroatoms. The summed E-state index contributed by atoms with van der Waals surface area (Å²) in [4.78, 5) is 0. The standard InChI is InChI=1S/C9H17NO3S/c1-7-3-8(14(2,12)13)4-9(7,5-10)6-11/h8,11H,1,3-6,10H2,2H3. The Labute approximate surface area is 84.7 Å². The highest BCUT2D eigenvalue weighted by atomic mass is 32.2. The van der Waals surface area contributed by atoms with Crippen LogP contribution in [0, 0.1) is 5.41 Å². The van der Waals surface area contributed by atoms with Gasteiger partial charge >= 0.3 is 0 Å². The Kier molecular flexibility index (Phi) is 3.04. The van der Waals surface area contributed by atoms with Crippen molar-refractivity contribution in [1.29, 1.82) is 0 Å². The molecule has 14 heavy (non-hydrogen) atoms. The van der Waals surface area contributed by atoms with Gasteiger partial charge in [-0.3, -0.25) is 0 Å². The fourth-order valence-electron chi connectivity index (χ4n) is 1.91. The fraction of sp³-hybridized carbons (Fsp3) is 0.778. The number of aliphatic hydroxyl groups excluding tert-OH is 1. The predicted octanol–water partition coefficient (Wildman–Crippen LogP) is -0.313. The molecule has 0 aromatic rings. The third-order valence-corrected chi connectivity index (χ3v) is 4.69. The van der Waals surface area contributed by atoms with Crippen LogP contribution < -0.4 is 5.73 Å². The topological polar surface area (TPSA) is 80.4 Å². The molecule has 1 aliphatic rings. The second-order valence-electron chi connectivity index (χ2n) is 4.11. The van der Waals surface area contributed by atoms with Gasteiger partial charge in [0.2, 0.25) is 0 Å². The van der Waals surface area contributed by atoms with Gasteiger partial charge in [0.05, 0.1) is 11.9 Å². The van der Waals surface area contributed by atoms with Gasteiger partial charge in [0.15, 0.2) is 9.84 Å². The molecule has 0 heterocycles. The fourth-order valence-corrected chi connectivity index (χ4v) is 3.04. The molecule has 0 radical (unpaired) electrons. The van der Waals surface area contributed by atoms with Crippen molar-refractivity contribution in [2.24, 2.45) is 11.1 Å². The van der Waals surface area contributed by atoms with Crippen LogP contribution in [0.2, 0.25) is 0 Å². The minimum Gasteiger partial charge on any atom is -0.395 e. The minimum atomic E-state index is -3.05. The first kappa shape index (κ1) is 11.7. The third kappa shape index (κ3) is 1.85. The van der Waals surface area contributed by atoms with Crippen molar-refractivity contribution in [2.75, 3.05) is 19.4 Å². The van der Waals surface area contributed by atoms with E-state index in [9.17, 15) is 13.5 Å². The first-order valence-electron chi connectivity index (χ1n) is 4.54. The van der Waals surface area contributed by atoms with Gasteiger partial charge in [0.25, 0.3) is 0 Å². The number of hydrogen-bond donors (Lipinski definition) is 2. The molecule has 82 valence electrons. The van der Waals surface area contributed by atoms with Crippen molar-refractivity contribution in [1.82, 2.24) is 0 Å². The maximum absolute atomic E-state index is 11.3. The summed E-state index contributed by atoms with van der Waals surface area (Å²) in [6, 6.07) is 0. The van der Waals surface area contributed by atoms with Crippen LogP contribution in [-0.4, -0.2) is 38.2 Å². The molecule has 1 rings (SSSR count). The lowest BCUT2D eigenvalue weighted by Gasteiger charge is -2.26. The Balaban J connectivity index is 2.94. The first-order valence-corrected chi connectivity index (χ1v) is 6.49. The summed E-state index contributed by atoms with van der Waals surface area (Å²) in [5.41, 5.74) is 5.75. The van der Waals surface area contributed by atoms with E-state index < -0.39 is 20.5 Å². The monoisotopic (exact) mass is 219 g/mol. The average Bonchev–Trinajstić information content (AvgIpc) is 2.43. The zero-order valence-corrected chi connectivity index (χ0v) is 9.18. The molecule has 0 spiro atoms. The summed E-state index contributed by atoms with van der Waals surface area (Å²) in [5.74, 6) is 0. The van der Waals surface area contributed by atoms with E-state index in [0.717, 1.165) is 5.57 Å². The van der Waals surface area contributed by atoms with Gasteiger partial charge < -0.3 is 10.8 Å². The van der Waals surface area contributed by atoms with Gasteiger partial charge in [0.1, 0.15) is 0 Å². The van der Waals surface area contributed by atoms with Crippen LogP contribution in [0.3, 0.4) is 0 Å². The van der Waals surface area contributed by atoms with E-state index in [-0.39, 0.29) is 13.2 Å². The highest BCUT2D eigenvalue weighted by molar-refractivity contribution is 7.91. The number of hydrogen-bond acceptors (Lipinski definition) is 4. The molecule has 0 saturated heterocycles. The highest BCUT2D eigenvalue weighted by Crippen LogP contribution is 2.43. The zero-order chi connectivity index (χ0) is 11.0. The number of nitrogens with two attached hydrogens (primary N) is 1. The lowest BCUT2D eigenvalue weighted by molar-refractivity contribution is 0.170. The Hall–Kier alpha value is -0.390. The highest BCUT2D eigenvalue weighted by Gasteiger charge is 2.44. The Bertz CT molecular complexity index is 330. The zero-order valence-electron chi connectivity index (χ0n) is 8.36. The summed E-state index contributed by atoms with van der Waals surface area (Å²) in [6.45, 7) is 3.95. The average molecular weight is 219 g/mol. The van der Waals surface area contributed by atoms with Crippen LogP contribution >= 0.6 is 0 Å². The molecule has 0 bridgehead atoms. The first-order chi connectivity index (χ1) is 6.35. The second-order valence-corrected chi connectivity index (χ2v) is 6.43. The van der Waals surface area contributed by atoms with Crippen LogP contribution in [0.5, 0.6) is 0 Å². The lowest BCUT2D eigenvalue weighted by Crippen LogP contribution is -2.34. The second kappa shape index (κ2) is 3.64. The van der Waals surface area contributed by atoms with Crippen LogP contribution in [-0.2, 0) is 9.84 Å². The minimum absolute atomic E-state index is 0.117. The van der Waals surface area contributed by atoms with Gasteiger partial charge in [-0.1, -0.05) is 12.2 Å². The third-order valence-electron chi connectivity index (χ3n) is 3.14. The van der Waals surface area contributed by atoms with E-state index in [1.807, 2.05) is 0 Å². The van der Waals surface area contributed by atoms with Gasteiger partial charge in [-0.15, -0.1) is 0 Å². The number of sulfone groups is 1. The van der Waals surface area contributed by atoms with Crippen LogP contribution in [0.1, 0.15) is 12.8 Å². The Morgan fingerprint density at radius 2 is 2.29 bits per heavy atom. The van der Waals surface area contributed by atoms with Gasteiger partial charge in [-0.05, 0) is 12.8 Å². The molecule has 2 atom stereocenters. The molecule has 0 amide bonds. The SMILES string of the molecule is C=C1CC(S(C)(=O)=O)CC1(CN)CO. The van der Waals surface area contributed by atoms with Crippen molar-refractivity contribution in [3.05, 3.63) is 12.2 Å². The largest absolute Gasteiger partial charge is 0.395 e. The Morgan fingerprint density at radius 1 is 1.71 bits per heavy atom. The van der Waals surface area contributed by atoms with Gasteiger partial charge in [0, 0.05) is 18.2 Å². The molecule has 1 fully saturated rings. The summed E-state index contributed by atoms with van der Waals surface area (Å²) < 4.78 is 22.7. The smallest absolute Gasteiger partial charge is 0.150 e. The van der Waals surface area contributed by atoms with Crippen molar-refractivity contribution >= 4 is 9.84 Å². The van der Waals surface area contributed by atoms with E-state index in [1.54, 1.807) is 0 Å². The van der Waals surface area contributed by atoms with E-state index in [2.05, 4.69) is 6.58 Å². The summed E-state index contributed by atoms with van der Waals surface area (Å²) in [5, 5.41) is 8.81. The van der Waals surface area contributed by atoms with Crippen LogP contribution in [0.15, 0.2) is 12.2 Å². The van der Waals surface area contributed by atoms with Crippen LogP contribution in [0.4, 0.5) is 0 Å². The van der Waals surface area contributed by atoms with E-state index in [1.165, 1.54) is 6.26 Å². The van der Waals surface area contributed by atoms with Crippen molar-refractivity contribution in [3.8, 4) is 0 Å². The Morgan fingerprint density at radius 3 is 2.50 bits per heavy atom. The number of rotatable bonds is 3. The van der Waals surface area contributed by atoms with E-state index in [0.29, 0.717) is 12.8 Å². The summed E-state index contributed by atoms with van der Waals surface area (Å²) >= 11 is 0. The molecule has 0 aliphatic heterocycles. The summed E-state index contributed by atoms with van der Waals surface area (Å²) in [7, 11) is -3.05. The van der Waals surface area contributed by atoms with Crippen molar-refractivity contribution in [2.45, 2.75) is 18.1 Å². The molecular weight excluding hydrogens is 202 g/mol. The van der Waals surface area contributed by atoms with Gasteiger partial charge in [-0.25, -0.2) is 8.42 Å². The van der Waals surface area contributed by atoms with Crippen molar-refractivity contribution < 1.29 is 13.5 Å². The quantitative estimate of drug-likeness (QED) is 0.638.